The highest BCUT2D eigenvalue weighted by molar-refractivity contribution is 4.69. The summed E-state index contributed by atoms with van der Waals surface area (Å²) in [6.45, 7) is 2.32. The fourth-order valence-corrected chi connectivity index (χ4v) is 0.824. The molecular formula is C8H18O5. The number of aliphatic hydroxyl groups excluding tert-OH is 4. The summed E-state index contributed by atoms with van der Waals surface area (Å²) < 4.78 is 5.10. The zero-order valence-electron chi connectivity index (χ0n) is 7.92. The van der Waals surface area contributed by atoms with Crippen LogP contribution in [0.2, 0.25) is 0 Å². The lowest BCUT2D eigenvalue weighted by Crippen LogP contribution is -2.39. The van der Waals surface area contributed by atoms with Gasteiger partial charge < -0.3 is 25.2 Å². The third-order valence-corrected chi connectivity index (χ3v) is 1.84. The lowest BCUT2D eigenvalue weighted by Gasteiger charge is -2.25. The summed E-state index contributed by atoms with van der Waals surface area (Å²) in [6, 6.07) is 0. The highest BCUT2D eigenvalue weighted by Gasteiger charge is 2.21. The number of ether oxygens (including phenoxy) is 1. The van der Waals surface area contributed by atoms with E-state index >= 15 is 0 Å². The molecule has 80 valence electrons. The lowest BCUT2D eigenvalue weighted by atomic mass is 10.2. The largest absolute Gasteiger partial charge is 0.394 e. The summed E-state index contributed by atoms with van der Waals surface area (Å²) in [7, 11) is 0. The van der Waals surface area contributed by atoms with Gasteiger partial charge in [-0.2, -0.15) is 0 Å². The summed E-state index contributed by atoms with van der Waals surface area (Å²) in [6.07, 6.45) is -3.14. The molecule has 0 saturated heterocycles. The molecule has 2 unspecified atom stereocenters. The summed E-state index contributed by atoms with van der Waals surface area (Å²) in [5, 5.41) is 35.5. The second kappa shape index (κ2) is 6.28. The van der Waals surface area contributed by atoms with Gasteiger partial charge in [-0.05, 0) is 13.8 Å². The van der Waals surface area contributed by atoms with Crippen LogP contribution in [0.15, 0.2) is 0 Å². The first kappa shape index (κ1) is 12.8. The topological polar surface area (TPSA) is 90.2 Å². The van der Waals surface area contributed by atoms with Crippen molar-refractivity contribution in [3.05, 3.63) is 0 Å². The van der Waals surface area contributed by atoms with Crippen molar-refractivity contribution in [3.63, 3.8) is 0 Å². The first-order valence-electron chi connectivity index (χ1n) is 4.26. The van der Waals surface area contributed by atoms with Crippen LogP contribution in [0.5, 0.6) is 0 Å². The molecule has 0 aliphatic carbocycles. The second-order valence-corrected chi connectivity index (χ2v) is 3.05. The van der Waals surface area contributed by atoms with Crippen molar-refractivity contribution in [1.82, 2.24) is 0 Å². The van der Waals surface area contributed by atoms with Crippen LogP contribution < -0.4 is 0 Å². The van der Waals surface area contributed by atoms with E-state index in [1.807, 2.05) is 0 Å². The third kappa shape index (κ3) is 4.54. The number of hydrogen-bond donors (Lipinski definition) is 4. The maximum Gasteiger partial charge on any atom is 0.107 e. The molecular weight excluding hydrogens is 176 g/mol. The minimum absolute atomic E-state index is 0.319. The van der Waals surface area contributed by atoms with Crippen LogP contribution in [0.4, 0.5) is 0 Å². The number of aliphatic hydroxyl groups is 4. The van der Waals surface area contributed by atoms with Gasteiger partial charge in [-0.25, -0.2) is 0 Å². The Morgan fingerprint density at radius 2 is 1.62 bits per heavy atom. The molecule has 0 aromatic carbocycles. The van der Waals surface area contributed by atoms with Crippen LogP contribution in [-0.2, 0) is 4.74 Å². The van der Waals surface area contributed by atoms with Crippen LogP contribution >= 0.6 is 0 Å². The predicted octanol–water partition coefficient (Wildman–Crippen LogP) is -1.51. The van der Waals surface area contributed by atoms with Gasteiger partial charge in [-0.1, -0.05) is 0 Å². The molecule has 0 fully saturated rings. The van der Waals surface area contributed by atoms with E-state index in [4.69, 9.17) is 25.2 Å². The van der Waals surface area contributed by atoms with Crippen LogP contribution in [0.1, 0.15) is 13.8 Å². The first-order valence-corrected chi connectivity index (χ1v) is 4.26. The molecule has 4 atom stereocenters. The maximum atomic E-state index is 9.11. The van der Waals surface area contributed by atoms with Gasteiger partial charge in [0.05, 0.1) is 25.4 Å². The lowest BCUT2D eigenvalue weighted by molar-refractivity contribution is -0.127. The molecule has 5 nitrogen and oxygen atoms in total. The Hall–Kier alpha value is -0.200. The fraction of sp³-hybridized carbons (Fsp3) is 1.00. The van der Waals surface area contributed by atoms with Crippen LogP contribution in [-0.4, -0.2) is 58.1 Å². The van der Waals surface area contributed by atoms with E-state index in [9.17, 15) is 0 Å². The van der Waals surface area contributed by atoms with Crippen LogP contribution in [0.25, 0.3) is 0 Å². The molecule has 5 heteroatoms. The average Bonchev–Trinajstić information content (AvgIpc) is 2.11. The molecule has 0 amide bonds. The minimum atomic E-state index is -0.993. The van der Waals surface area contributed by atoms with Gasteiger partial charge in [-0.3, -0.25) is 0 Å². The number of rotatable bonds is 6. The van der Waals surface area contributed by atoms with Gasteiger partial charge in [0.2, 0.25) is 0 Å². The molecule has 0 rings (SSSR count). The summed E-state index contributed by atoms with van der Waals surface area (Å²) in [5.41, 5.74) is 0. The molecule has 4 N–H and O–H groups in total. The van der Waals surface area contributed by atoms with E-state index < -0.39 is 31.0 Å². The minimum Gasteiger partial charge on any atom is -0.394 e. The SMILES string of the molecule is CC(OC(CO)[C@@H](C)O)[C@@H](O)CO. The maximum absolute atomic E-state index is 9.11. The van der Waals surface area contributed by atoms with Gasteiger partial charge in [0, 0.05) is 0 Å². The molecule has 0 aliphatic heterocycles. The van der Waals surface area contributed by atoms with E-state index in [1.165, 1.54) is 6.92 Å². The fourth-order valence-electron chi connectivity index (χ4n) is 0.824. The van der Waals surface area contributed by atoms with Crippen molar-refractivity contribution in [3.8, 4) is 0 Å². The van der Waals surface area contributed by atoms with Gasteiger partial charge in [0.15, 0.2) is 0 Å². The molecule has 13 heavy (non-hydrogen) atoms. The summed E-state index contributed by atoms with van der Waals surface area (Å²) in [4.78, 5) is 0. The van der Waals surface area contributed by atoms with Crippen molar-refractivity contribution in [1.29, 1.82) is 0 Å². The number of hydrogen-bond acceptors (Lipinski definition) is 5. The van der Waals surface area contributed by atoms with Crippen LogP contribution in [0, 0.1) is 0 Å². The van der Waals surface area contributed by atoms with Gasteiger partial charge in [0.1, 0.15) is 12.2 Å². The van der Waals surface area contributed by atoms with E-state index in [2.05, 4.69) is 0 Å². The molecule has 0 saturated carbocycles. The highest BCUT2D eigenvalue weighted by atomic mass is 16.5. The van der Waals surface area contributed by atoms with Crippen LogP contribution in [0.3, 0.4) is 0 Å². The van der Waals surface area contributed by atoms with E-state index in [1.54, 1.807) is 6.92 Å². The third-order valence-electron chi connectivity index (χ3n) is 1.84. The molecule has 0 aliphatic rings. The van der Waals surface area contributed by atoms with Gasteiger partial charge >= 0.3 is 0 Å². The smallest absolute Gasteiger partial charge is 0.107 e. The zero-order chi connectivity index (χ0) is 10.4. The Kier molecular flexibility index (Phi) is 6.19. The molecule has 0 heterocycles. The zero-order valence-corrected chi connectivity index (χ0v) is 7.92. The Balaban J connectivity index is 3.93. The molecule has 0 bridgehead atoms. The van der Waals surface area contributed by atoms with Gasteiger partial charge in [0.25, 0.3) is 0 Å². The van der Waals surface area contributed by atoms with Crippen molar-refractivity contribution < 1.29 is 25.2 Å². The summed E-state index contributed by atoms with van der Waals surface area (Å²) >= 11 is 0. The molecule has 0 aromatic rings. The predicted molar refractivity (Wildman–Crippen MR) is 46.2 cm³/mol. The highest BCUT2D eigenvalue weighted by Crippen LogP contribution is 2.06. The molecule has 0 radical (unpaired) electrons. The van der Waals surface area contributed by atoms with Gasteiger partial charge in [-0.15, -0.1) is 0 Å². The van der Waals surface area contributed by atoms with Crippen molar-refractivity contribution in [2.24, 2.45) is 0 Å². The van der Waals surface area contributed by atoms with Crippen molar-refractivity contribution >= 4 is 0 Å². The van der Waals surface area contributed by atoms with E-state index in [-0.39, 0.29) is 6.61 Å². The normalized spacial score (nSPS) is 20.8. The first-order chi connectivity index (χ1) is 6.02. The summed E-state index contributed by atoms with van der Waals surface area (Å²) in [5.74, 6) is 0. The molecule has 0 spiro atoms. The quantitative estimate of drug-likeness (QED) is 0.412. The monoisotopic (exact) mass is 194 g/mol. The average molecular weight is 194 g/mol. The Bertz CT molecular complexity index is 128. The van der Waals surface area contributed by atoms with Crippen molar-refractivity contribution in [2.45, 2.75) is 38.3 Å². The Morgan fingerprint density at radius 1 is 1.08 bits per heavy atom. The van der Waals surface area contributed by atoms with Crippen molar-refractivity contribution in [2.75, 3.05) is 13.2 Å². The standard InChI is InChI=1S/C8H18O5/c1-5(11)8(4-10)13-6(2)7(12)3-9/h5-12H,3-4H2,1-2H3/t5-,6?,7+,8?/m1/s1. The van der Waals surface area contributed by atoms with E-state index in [0.717, 1.165) is 0 Å². The second-order valence-electron chi connectivity index (χ2n) is 3.05. The molecule has 0 aromatic heterocycles. The Morgan fingerprint density at radius 3 is 1.92 bits per heavy atom. The Labute approximate surface area is 77.6 Å². The van der Waals surface area contributed by atoms with E-state index in [0.29, 0.717) is 0 Å².